The molecule has 0 saturated carbocycles. The van der Waals surface area contributed by atoms with Crippen LogP contribution in [0.1, 0.15) is 19.1 Å². The standard InChI is InChI=1S/C9H13N3O3S/c10-7-3-4-11(9(14)12(7)16)8-2-1-6(5-13)15-8/h3-4,6,8,13H,1-2,5,10H2/t6-,8+/m0/s1. The van der Waals surface area contributed by atoms with E-state index in [2.05, 4.69) is 0 Å². The summed E-state index contributed by atoms with van der Waals surface area (Å²) < 4.78 is 7.84. The summed E-state index contributed by atoms with van der Waals surface area (Å²) in [5.41, 5.74) is 5.12. The summed E-state index contributed by atoms with van der Waals surface area (Å²) in [6.45, 7) is -0.0336. The number of anilines is 1. The normalized spacial score (nSPS) is 24.8. The molecule has 0 aromatic carbocycles. The minimum absolute atomic E-state index is 0.0336. The predicted molar refractivity (Wildman–Crippen MR) is 58.3 cm³/mol. The summed E-state index contributed by atoms with van der Waals surface area (Å²) in [5.74, 6) is 0.230. The van der Waals surface area contributed by atoms with Crippen LogP contribution in [0.5, 0.6) is 0 Å². The molecular formula is C9H13N3O3S. The third kappa shape index (κ3) is 1.89. The molecule has 1 fully saturated rings. The molecule has 2 heterocycles. The van der Waals surface area contributed by atoms with Gasteiger partial charge in [-0.15, -0.1) is 0 Å². The highest BCUT2D eigenvalue weighted by molar-refractivity contribution is 7.51. The monoisotopic (exact) mass is 243 g/mol. The van der Waals surface area contributed by atoms with Crippen molar-refractivity contribution in [3.8, 4) is 0 Å². The molecule has 2 atom stereocenters. The molecule has 88 valence electrons. The Labute approximate surface area is 97.8 Å². The van der Waals surface area contributed by atoms with E-state index in [4.69, 9.17) is 28.4 Å². The number of nitrogens with two attached hydrogens (primary N) is 1. The zero-order valence-corrected chi connectivity index (χ0v) is 9.39. The Morgan fingerprint density at radius 3 is 3.06 bits per heavy atom. The number of nitrogen functional groups attached to an aromatic ring is 1. The van der Waals surface area contributed by atoms with Gasteiger partial charge in [0.15, 0.2) is 6.23 Å². The second kappa shape index (κ2) is 4.36. The molecule has 1 aliphatic rings. The summed E-state index contributed by atoms with van der Waals surface area (Å²) >= 11 is 4.83. The number of aliphatic hydroxyl groups is 1. The van der Waals surface area contributed by atoms with Crippen LogP contribution in [0.3, 0.4) is 0 Å². The first-order valence-electron chi connectivity index (χ1n) is 5.00. The number of nitrogens with zero attached hydrogens (tertiary/aromatic N) is 2. The number of hydrogen-bond acceptors (Lipinski definition) is 5. The van der Waals surface area contributed by atoms with Gasteiger partial charge in [0.2, 0.25) is 5.82 Å². The fourth-order valence-electron chi connectivity index (χ4n) is 1.75. The van der Waals surface area contributed by atoms with Gasteiger partial charge in [-0.2, -0.15) is 0 Å². The van der Waals surface area contributed by atoms with E-state index in [1.54, 1.807) is 12.3 Å². The van der Waals surface area contributed by atoms with Crippen LogP contribution in [0, 0.1) is 0 Å². The van der Waals surface area contributed by atoms with Crippen molar-refractivity contribution in [1.82, 2.24) is 4.57 Å². The van der Waals surface area contributed by atoms with Crippen LogP contribution >= 0.6 is 0 Å². The third-order valence-electron chi connectivity index (χ3n) is 2.63. The van der Waals surface area contributed by atoms with Crippen molar-refractivity contribution < 1.29 is 13.8 Å². The Balaban J connectivity index is 2.29. The highest BCUT2D eigenvalue weighted by Crippen LogP contribution is 2.26. The minimum atomic E-state index is -0.390. The molecule has 0 spiro atoms. The van der Waals surface area contributed by atoms with Crippen LogP contribution in [0.2, 0.25) is 0 Å². The van der Waals surface area contributed by atoms with Crippen LogP contribution in [0.15, 0.2) is 17.1 Å². The fourth-order valence-corrected chi connectivity index (χ4v) is 1.90. The number of hydrogen-bond donors (Lipinski definition) is 2. The molecule has 6 nitrogen and oxygen atoms in total. The van der Waals surface area contributed by atoms with Gasteiger partial charge in [-0.1, -0.05) is 0 Å². The van der Waals surface area contributed by atoms with Crippen LogP contribution < -0.4 is 15.4 Å². The molecule has 0 bridgehead atoms. The molecule has 1 aromatic rings. The maximum Gasteiger partial charge on any atom is 0.427 e. The number of rotatable bonds is 2. The van der Waals surface area contributed by atoms with Crippen LogP contribution in [-0.4, -0.2) is 22.4 Å². The van der Waals surface area contributed by atoms with Gasteiger partial charge in [-0.05, 0) is 6.42 Å². The summed E-state index contributed by atoms with van der Waals surface area (Å²) in [6, 6.07) is 1.56. The van der Waals surface area contributed by atoms with Gasteiger partial charge in [-0.25, -0.2) is 9.36 Å². The van der Waals surface area contributed by atoms with E-state index in [-0.39, 0.29) is 24.8 Å². The largest absolute Gasteiger partial charge is 0.592 e. The van der Waals surface area contributed by atoms with E-state index < -0.39 is 5.69 Å². The Hall–Kier alpha value is -1.18. The Kier molecular flexibility index (Phi) is 3.08. The van der Waals surface area contributed by atoms with Crippen molar-refractivity contribution in [3.05, 3.63) is 22.7 Å². The Morgan fingerprint density at radius 1 is 1.69 bits per heavy atom. The van der Waals surface area contributed by atoms with E-state index in [0.717, 1.165) is 10.4 Å². The van der Waals surface area contributed by atoms with Gasteiger partial charge in [0.05, 0.1) is 18.9 Å². The van der Waals surface area contributed by atoms with Gasteiger partial charge in [-0.3, -0.25) is 0 Å². The average Bonchev–Trinajstić information content (AvgIpc) is 2.74. The van der Waals surface area contributed by atoms with Crippen molar-refractivity contribution in [2.45, 2.75) is 25.2 Å². The molecular weight excluding hydrogens is 230 g/mol. The Bertz CT molecular complexity index is 448. The fraction of sp³-hybridized carbons (Fsp3) is 0.556. The van der Waals surface area contributed by atoms with Crippen LogP contribution in [0.25, 0.3) is 0 Å². The van der Waals surface area contributed by atoms with Crippen molar-refractivity contribution in [1.29, 1.82) is 0 Å². The lowest BCUT2D eigenvalue weighted by Gasteiger charge is -2.14. The van der Waals surface area contributed by atoms with E-state index in [1.165, 1.54) is 4.57 Å². The minimum Gasteiger partial charge on any atom is -0.592 e. The second-order valence-electron chi connectivity index (χ2n) is 3.70. The van der Waals surface area contributed by atoms with Gasteiger partial charge < -0.3 is 32.4 Å². The zero-order valence-electron chi connectivity index (χ0n) is 8.57. The van der Waals surface area contributed by atoms with Crippen molar-refractivity contribution in [3.63, 3.8) is 0 Å². The second-order valence-corrected chi connectivity index (χ2v) is 4.06. The van der Waals surface area contributed by atoms with Gasteiger partial charge in [0.1, 0.15) is 0 Å². The van der Waals surface area contributed by atoms with Crippen molar-refractivity contribution in [2.75, 3.05) is 12.3 Å². The number of aliphatic hydroxyl groups excluding tert-OH is 1. The molecule has 1 saturated heterocycles. The zero-order chi connectivity index (χ0) is 11.7. The molecule has 0 amide bonds. The summed E-state index contributed by atoms with van der Waals surface area (Å²) in [5, 5.41) is 8.94. The molecule has 0 unspecified atom stereocenters. The lowest BCUT2D eigenvalue weighted by molar-refractivity contribution is -0.502. The van der Waals surface area contributed by atoms with Crippen molar-refractivity contribution >= 4 is 18.6 Å². The van der Waals surface area contributed by atoms with E-state index >= 15 is 0 Å². The first-order chi connectivity index (χ1) is 7.63. The van der Waals surface area contributed by atoms with E-state index in [0.29, 0.717) is 6.42 Å². The first kappa shape index (κ1) is 11.3. The maximum absolute atomic E-state index is 11.8. The molecule has 3 N–H and O–H groups in total. The van der Waals surface area contributed by atoms with Gasteiger partial charge in [0, 0.05) is 12.5 Å². The lowest BCUT2D eigenvalue weighted by Crippen LogP contribution is -2.52. The summed E-state index contributed by atoms with van der Waals surface area (Å²) in [7, 11) is 0. The maximum atomic E-state index is 11.8. The highest BCUT2D eigenvalue weighted by atomic mass is 32.1. The Morgan fingerprint density at radius 2 is 2.44 bits per heavy atom. The smallest absolute Gasteiger partial charge is 0.427 e. The van der Waals surface area contributed by atoms with E-state index in [1.807, 2.05) is 0 Å². The molecule has 7 heteroatoms. The SMILES string of the molecule is Nc1ccn([C@H]2CC[C@@H](CO)O2)c(=O)[n+]1[S-]. The lowest BCUT2D eigenvalue weighted by atomic mass is 10.2. The molecule has 0 radical (unpaired) electrons. The molecule has 16 heavy (non-hydrogen) atoms. The molecule has 2 rings (SSSR count). The predicted octanol–water partition coefficient (Wildman–Crippen LogP) is -1.30. The number of aromatic nitrogens is 2. The van der Waals surface area contributed by atoms with Gasteiger partial charge >= 0.3 is 5.69 Å². The van der Waals surface area contributed by atoms with Crippen molar-refractivity contribution in [2.24, 2.45) is 0 Å². The highest BCUT2D eigenvalue weighted by Gasteiger charge is 2.29. The quantitative estimate of drug-likeness (QED) is 0.498. The topological polar surface area (TPSA) is 81.4 Å². The average molecular weight is 243 g/mol. The van der Waals surface area contributed by atoms with E-state index in [9.17, 15) is 4.79 Å². The molecule has 0 aliphatic carbocycles. The number of ether oxygens (including phenoxy) is 1. The van der Waals surface area contributed by atoms with Gasteiger partial charge in [0.25, 0.3) is 0 Å². The van der Waals surface area contributed by atoms with Crippen LogP contribution in [0.4, 0.5) is 5.82 Å². The third-order valence-corrected chi connectivity index (χ3v) is 3.00. The summed E-state index contributed by atoms with van der Waals surface area (Å²) in [6.07, 6.45) is 2.41. The first-order valence-corrected chi connectivity index (χ1v) is 5.36. The molecule has 1 aromatic heterocycles. The van der Waals surface area contributed by atoms with Crippen LogP contribution in [-0.2, 0) is 17.6 Å². The molecule has 1 aliphatic heterocycles. The summed E-state index contributed by atoms with van der Waals surface area (Å²) in [4.78, 5) is 11.8.